The van der Waals surface area contributed by atoms with Crippen LogP contribution in [0.2, 0.25) is 0 Å². The molecule has 0 radical (unpaired) electrons. The first-order chi connectivity index (χ1) is 12.4. The van der Waals surface area contributed by atoms with Crippen LogP contribution >= 0.6 is 0 Å². The molecule has 0 unspecified atom stereocenters. The summed E-state index contributed by atoms with van der Waals surface area (Å²) in [7, 11) is 1.58. The van der Waals surface area contributed by atoms with Crippen LogP contribution in [-0.4, -0.2) is 29.9 Å². The van der Waals surface area contributed by atoms with Gasteiger partial charge < -0.3 is 10.1 Å². The van der Waals surface area contributed by atoms with Crippen molar-refractivity contribution in [2.24, 2.45) is 0 Å². The van der Waals surface area contributed by atoms with Crippen molar-refractivity contribution >= 4 is 23.1 Å². The number of imide groups is 1. The smallest absolute Gasteiger partial charge is 0.278 e. The van der Waals surface area contributed by atoms with Crippen LogP contribution in [-0.2, 0) is 9.59 Å². The number of ether oxygens (including phenoxy) is 1. The summed E-state index contributed by atoms with van der Waals surface area (Å²) in [5.74, 6) is 0.0765. The van der Waals surface area contributed by atoms with Crippen LogP contribution in [0.5, 0.6) is 5.75 Å². The number of carbonyl (C=O) groups is 2. The largest absolute Gasteiger partial charge is 0.497 e. The van der Waals surface area contributed by atoms with Gasteiger partial charge in [0, 0.05) is 17.8 Å². The maximum Gasteiger partial charge on any atom is 0.278 e. The van der Waals surface area contributed by atoms with E-state index in [0.717, 1.165) is 11.1 Å². The molecule has 1 aliphatic heterocycles. The van der Waals surface area contributed by atoms with Crippen molar-refractivity contribution in [1.29, 1.82) is 0 Å². The molecular formula is C21H22N2O3. The lowest BCUT2D eigenvalue weighted by molar-refractivity contribution is -0.138. The summed E-state index contributed by atoms with van der Waals surface area (Å²) in [4.78, 5) is 27.2. The zero-order valence-corrected chi connectivity index (χ0v) is 15.4. The van der Waals surface area contributed by atoms with E-state index >= 15 is 0 Å². The van der Waals surface area contributed by atoms with E-state index in [1.54, 1.807) is 13.2 Å². The lowest BCUT2D eigenvalue weighted by atomic mass is 10.0. The average molecular weight is 350 g/mol. The Hall–Kier alpha value is -3.08. The van der Waals surface area contributed by atoms with Gasteiger partial charge in [0.15, 0.2) is 0 Å². The maximum absolute atomic E-state index is 12.9. The minimum Gasteiger partial charge on any atom is -0.497 e. The third kappa shape index (κ3) is 3.20. The molecule has 2 aromatic rings. The van der Waals surface area contributed by atoms with Gasteiger partial charge in [-0.3, -0.25) is 14.5 Å². The molecule has 26 heavy (non-hydrogen) atoms. The Labute approximate surface area is 153 Å². The van der Waals surface area contributed by atoms with Gasteiger partial charge in [-0.2, -0.15) is 0 Å². The SMILES string of the molecule is COc1cccc(NC2=C(c3ccc(C)cc3)C(=O)N(C(C)C)C2=O)c1. The summed E-state index contributed by atoms with van der Waals surface area (Å²) in [6.07, 6.45) is 0. The zero-order chi connectivity index (χ0) is 18.8. The Morgan fingerprint density at radius 1 is 1.00 bits per heavy atom. The van der Waals surface area contributed by atoms with Crippen LogP contribution in [0.15, 0.2) is 54.2 Å². The molecule has 1 N–H and O–H groups in total. The fraction of sp³-hybridized carbons (Fsp3) is 0.238. The van der Waals surface area contributed by atoms with Gasteiger partial charge in [-0.15, -0.1) is 0 Å². The van der Waals surface area contributed by atoms with Crippen LogP contribution in [0.4, 0.5) is 5.69 Å². The molecule has 1 heterocycles. The second-order valence-electron chi connectivity index (χ2n) is 6.55. The summed E-state index contributed by atoms with van der Waals surface area (Å²) in [5.41, 5.74) is 3.19. The lowest BCUT2D eigenvalue weighted by Crippen LogP contribution is -2.38. The first kappa shape index (κ1) is 17.7. The quantitative estimate of drug-likeness (QED) is 0.837. The van der Waals surface area contributed by atoms with Crippen LogP contribution in [0.1, 0.15) is 25.0 Å². The van der Waals surface area contributed by atoms with Crippen molar-refractivity contribution in [3.8, 4) is 5.75 Å². The number of amides is 2. The molecule has 0 atom stereocenters. The number of nitrogens with one attached hydrogen (secondary N) is 1. The minimum atomic E-state index is -0.316. The number of hydrogen-bond acceptors (Lipinski definition) is 4. The highest BCUT2D eigenvalue weighted by atomic mass is 16.5. The van der Waals surface area contributed by atoms with Crippen molar-refractivity contribution < 1.29 is 14.3 Å². The number of rotatable bonds is 5. The van der Waals surface area contributed by atoms with Gasteiger partial charge in [0.25, 0.3) is 11.8 Å². The van der Waals surface area contributed by atoms with E-state index in [1.807, 2.05) is 63.2 Å². The third-order valence-corrected chi connectivity index (χ3v) is 4.31. The number of benzene rings is 2. The van der Waals surface area contributed by atoms with Crippen molar-refractivity contribution in [1.82, 2.24) is 4.90 Å². The summed E-state index contributed by atoms with van der Waals surface area (Å²) in [6, 6.07) is 14.6. The predicted octanol–water partition coefficient (Wildman–Crippen LogP) is 3.60. The molecule has 0 aliphatic carbocycles. The van der Waals surface area contributed by atoms with Crippen molar-refractivity contribution in [3.05, 3.63) is 65.4 Å². The fourth-order valence-corrected chi connectivity index (χ4v) is 2.97. The average Bonchev–Trinajstić information content (AvgIpc) is 2.86. The molecule has 3 rings (SSSR count). The molecule has 0 spiro atoms. The molecule has 0 aromatic heterocycles. The fourth-order valence-electron chi connectivity index (χ4n) is 2.97. The van der Waals surface area contributed by atoms with Gasteiger partial charge in [0.05, 0.1) is 12.7 Å². The predicted molar refractivity (Wildman–Crippen MR) is 102 cm³/mol. The highest BCUT2D eigenvalue weighted by molar-refractivity contribution is 6.36. The zero-order valence-electron chi connectivity index (χ0n) is 15.4. The Balaban J connectivity index is 2.09. The molecule has 5 heteroatoms. The molecule has 0 saturated heterocycles. The van der Waals surface area contributed by atoms with Gasteiger partial charge in [-0.1, -0.05) is 35.9 Å². The Morgan fingerprint density at radius 3 is 2.31 bits per heavy atom. The lowest BCUT2D eigenvalue weighted by Gasteiger charge is -2.19. The molecule has 0 fully saturated rings. The summed E-state index contributed by atoms with van der Waals surface area (Å²) in [5, 5.41) is 3.13. The standard InChI is InChI=1S/C21H22N2O3/c1-13(2)23-20(24)18(15-10-8-14(3)9-11-15)19(21(23)25)22-16-6-5-7-17(12-16)26-4/h5-13,22H,1-4H3. The summed E-state index contributed by atoms with van der Waals surface area (Å²) in [6.45, 7) is 5.64. The molecule has 134 valence electrons. The first-order valence-corrected chi connectivity index (χ1v) is 8.52. The number of carbonyl (C=O) groups excluding carboxylic acids is 2. The molecule has 2 aromatic carbocycles. The van der Waals surface area contributed by atoms with E-state index in [0.29, 0.717) is 22.7 Å². The summed E-state index contributed by atoms with van der Waals surface area (Å²) < 4.78 is 5.23. The monoisotopic (exact) mass is 350 g/mol. The number of nitrogens with zero attached hydrogens (tertiary/aromatic N) is 1. The normalized spacial score (nSPS) is 14.4. The molecule has 5 nitrogen and oxygen atoms in total. The van der Waals surface area contributed by atoms with E-state index in [2.05, 4.69) is 5.32 Å². The molecule has 0 bridgehead atoms. The molecule has 0 saturated carbocycles. The van der Waals surface area contributed by atoms with Gasteiger partial charge >= 0.3 is 0 Å². The van der Waals surface area contributed by atoms with Crippen LogP contribution in [0, 0.1) is 6.92 Å². The van der Waals surface area contributed by atoms with E-state index < -0.39 is 0 Å². The topological polar surface area (TPSA) is 58.6 Å². The Kier molecular flexibility index (Phi) is 4.80. The van der Waals surface area contributed by atoms with E-state index in [-0.39, 0.29) is 17.9 Å². The summed E-state index contributed by atoms with van der Waals surface area (Å²) >= 11 is 0. The van der Waals surface area contributed by atoms with Gasteiger partial charge in [-0.05, 0) is 38.5 Å². The minimum absolute atomic E-state index is 0.222. The van der Waals surface area contributed by atoms with E-state index in [9.17, 15) is 9.59 Å². The van der Waals surface area contributed by atoms with E-state index in [4.69, 9.17) is 4.74 Å². The second kappa shape index (κ2) is 7.04. The first-order valence-electron chi connectivity index (χ1n) is 8.52. The number of aryl methyl sites for hydroxylation is 1. The van der Waals surface area contributed by atoms with Crippen molar-refractivity contribution in [2.75, 3.05) is 12.4 Å². The third-order valence-electron chi connectivity index (χ3n) is 4.31. The Morgan fingerprint density at radius 2 is 1.69 bits per heavy atom. The van der Waals surface area contributed by atoms with Crippen molar-refractivity contribution in [3.63, 3.8) is 0 Å². The van der Waals surface area contributed by atoms with Gasteiger partial charge in [-0.25, -0.2) is 0 Å². The van der Waals surface area contributed by atoms with Crippen LogP contribution in [0.3, 0.4) is 0 Å². The maximum atomic E-state index is 12.9. The number of anilines is 1. The van der Waals surface area contributed by atoms with Gasteiger partial charge in [0.2, 0.25) is 0 Å². The van der Waals surface area contributed by atoms with Crippen LogP contribution < -0.4 is 10.1 Å². The van der Waals surface area contributed by atoms with Crippen molar-refractivity contribution in [2.45, 2.75) is 26.8 Å². The van der Waals surface area contributed by atoms with Gasteiger partial charge in [0.1, 0.15) is 11.4 Å². The van der Waals surface area contributed by atoms with Crippen LogP contribution in [0.25, 0.3) is 5.57 Å². The highest BCUT2D eigenvalue weighted by Crippen LogP contribution is 2.32. The number of methoxy groups -OCH3 is 1. The molecular weight excluding hydrogens is 328 g/mol. The Bertz CT molecular complexity index is 882. The molecule has 2 amide bonds. The number of hydrogen-bond donors (Lipinski definition) is 1. The second-order valence-corrected chi connectivity index (χ2v) is 6.55. The highest BCUT2D eigenvalue weighted by Gasteiger charge is 2.40. The molecule has 1 aliphatic rings. The van der Waals surface area contributed by atoms with E-state index in [1.165, 1.54) is 4.90 Å².